The van der Waals surface area contributed by atoms with Crippen LogP contribution in [-0.2, 0) is 11.3 Å². The van der Waals surface area contributed by atoms with Gasteiger partial charge in [0.1, 0.15) is 5.60 Å². The third-order valence-electron chi connectivity index (χ3n) is 5.12. The van der Waals surface area contributed by atoms with Crippen LogP contribution in [0, 0.1) is 0 Å². The molecule has 1 aromatic carbocycles. The first-order valence-electron chi connectivity index (χ1n) is 8.71. The van der Waals surface area contributed by atoms with Crippen molar-refractivity contribution in [3.05, 3.63) is 54.4 Å². The average Bonchev–Trinajstić information content (AvgIpc) is 2.91. The van der Waals surface area contributed by atoms with Crippen molar-refractivity contribution in [1.82, 2.24) is 9.88 Å². The molecule has 2 fully saturated rings. The first-order chi connectivity index (χ1) is 11.7. The Morgan fingerprint density at radius 3 is 2.62 bits per heavy atom. The molecule has 1 aliphatic carbocycles. The van der Waals surface area contributed by atoms with E-state index >= 15 is 0 Å². The largest absolute Gasteiger partial charge is 0.441 e. The van der Waals surface area contributed by atoms with E-state index in [2.05, 4.69) is 23.2 Å². The summed E-state index contributed by atoms with van der Waals surface area (Å²) >= 11 is 0. The number of amides is 1. The van der Waals surface area contributed by atoms with E-state index in [1.165, 1.54) is 19.3 Å². The predicted molar refractivity (Wildman–Crippen MR) is 92.4 cm³/mol. The molecule has 4 nitrogen and oxygen atoms in total. The second kappa shape index (κ2) is 6.27. The summed E-state index contributed by atoms with van der Waals surface area (Å²) in [6.45, 7) is 1.34. The van der Waals surface area contributed by atoms with Gasteiger partial charge in [-0.2, -0.15) is 0 Å². The highest BCUT2D eigenvalue weighted by Gasteiger charge is 2.45. The molecule has 2 aliphatic rings. The lowest BCUT2D eigenvalue weighted by Crippen LogP contribution is -2.36. The predicted octanol–water partition coefficient (Wildman–Crippen LogP) is 4.40. The maximum absolute atomic E-state index is 12.3. The van der Waals surface area contributed by atoms with Gasteiger partial charge in [0.2, 0.25) is 0 Å². The highest BCUT2D eigenvalue weighted by atomic mass is 16.6. The summed E-state index contributed by atoms with van der Waals surface area (Å²) in [5.74, 6) is 0. The Hall–Kier alpha value is -2.36. The number of ether oxygens (including phenoxy) is 1. The number of aromatic nitrogens is 1. The Morgan fingerprint density at radius 2 is 1.83 bits per heavy atom. The minimum Gasteiger partial charge on any atom is -0.441 e. The summed E-state index contributed by atoms with van der Waals surface area (Å²) in [5, 5.41) is 0. The van der Waals surface area contributed by atoms with Crippen LogP contribution in [-0.4, -0.2) is 28.1 Å². The first kappa shape index (κ1) is 15.2. The first-order valence-corrected chi connectivity index (χ1v) is 8.71. The zero-order chi connectivity index (χ0) is 16.4. The van der Waals surface area contributed by atoms with Crippen molar-refractivity contribution >= 4 is 6.09 Å². The van der Waals surface area contributed by atoms with Crippen molar-refractivity contribution in [2.75, 3.05) is 6.54 Å². The Balaban J connectivity index is 1.50. The summed E-state index contributed by atoms with van der Waals surface area (Å²) in [6, 6.07) is 12.4. The van der Waals surface area contributed by atoms with Gasteiger partial charge in [-0.3, -0.25) is 9.88 Å². The smallest absolute Gasteiger partial charge is 0.410 e. The van der Waals surface area contributed by atoms with E-state index < -0.39 is 0 Å². The fourth-order valence-corrected chi connectivity index (χ4v) is 3.89. The van der Waals surface area contributed by atoms with E-state index in [4.69, 9.17) is 4.74 Å². The highest BCUT2D eigenvalue weighted by molar-refractivity contribution is 5.71. The summed E-state index contributed by atoms with van der Waals surface area (Å²) in [7, 11) is 0. The Labute approximate surface area is 142 Å². The Morgan fingerprint density at radius 1 is 1.04 bits per heavy atom. The van der Waals surface area contributed by atoms with Gasteiger partial charge in [-0.1, -0.05) is 24.6 Å². The van der Waals surface area contributed by atoms with Crippen LogP contribution in [0.3, 0.4) is 0 Å². The summed E-state index contributed by atoms with van der Waals surface area (Å²) in [4.78, 5) is 18.2. The van der Waals surface area contributed by atoms with Gasteiger partial charge in [0.25, 0.3) is 0 Å². The third kappa shape index (κ3) is 3.01. The molecule has 2 aromatic rings. The Bertz CT molecular complexity index is 723. The lowest BCUT2D eigenvalue weighted by Gasteiger charge is -2.30. The average molecular weight is 322 g/mol. The molecular weight excluding hydrogens is 300 g/mol. The molecule has 0 unspecified atom stereocenters. The number of nitrogens with zero attached hydrogens (tertiary/aromatic N) is 2. The quantitative estimate of drug-likeness (QED) is 0.841. The zero-order valence-electron chi connectivity index (χ0n) is 13.8. The lowest BCUT2D eigenvalue weighted by molar-refractivity contribution is 0.0260. The van der Waals surface area contributed by atoms with Crippen molar-refractivity contribution in [1.29, 1.82) is 0 Å². The van der Waals surface area contributed by atoms with Crippen LogP contribution >= 0.6 is 0 Å². The van der Waals surface area contributed by atoms with Gasteiger partial charge in [-0.05, 0) is 60.6 Å². The standard InChI is InChI=1S/C20H22N2O2/c23-19-22(15-20(24-19)9-2-1-3-10-20)14-16-5-4-6-18(13-16)17-7-11-21-12-8-17/h4-8,11-13H,1-3,9-10,14-15H2. The summed E-state index contributed by atoms with van der Waals surface area (Å²) in [6.07, 6.45) is 9.04. The molecule has 2 heterocycles. The molecule has 4 heteroatoms. The number of rotatable bonds is 3. The van der Waals surface area contributed by atoms with Crippen molar-refractivity contribution in [2.45, 2.75) is 44.2 Å². The molecule has 4 rings (SSSR count). The molecule has 1 saturated heterocycles. The van der Waals surface area contributed by atoms with Crippen LogP contribution < -0.4 is 0 Å². The van der Waals surface area contributed by atoms with Gasteiger partial charge in [0.15, 0.2) is 0 Å². The number of pyridine rings is 1. The molecule has 1 aromatic heterocycles. The van der Waals surface area contributed by atoms with Gasteiger partial charge < -0.3 is 4.74 Å². The zero-order valence-corrected chi connectivity index (χ0v) is 13.8. The van der Waals surface area contributed by atoms with Crippen LogP contribution in [0.1, 0.15) is 37.7 Å². The van der Waals surface area contributed by atoms with Gasteiger partial charge >= 0.3 is 6.09 Å². The van der Waals surface area contributed by atoms with Gasteiger partial charge in [0.05, 0.1) is 6.54 Å². The maximum Gasteiger partial charge on any atom is 0.410 e. The molecule has 1 aliphatic heterocycles. The van der Waals surface area contributed by atoms with E-state index in [0.29, 0.717) is 6.54 Å². The lowest BCUT2D eigenvalue weighted by atomic mass is 9.85. The van der Waals surface area contributed by atoms with Crippen molar-refractivity contribution < 1.29 is 9.53 Å². The Kier molecular flexibility index (Phi) is 3.97. The second-order valence-corrected chi connectivity index (χ2v) is 6.90. The van der Waals surface area contributed by atoms with Crippen LogP contribution in [0.4, 0.5) is 4.79 Å². The van der Waals surface area contributed by atoms with Crippen molar-refractivity contribution in [3.63, 3.8) is 0 Å². The molecule has 1 spiro atoms. The van der Waals surface area contributed by atoms with Crippen molar-refractivity contribution in [3.8, 4) is 11.1 Å². The molecule has 24 heavy (non-hydrogen) atoms. The van der Waals surface area contributed by atoms with E-state index in [9.17, 15) is 4.79 Å². The molecular formula is C20H22N2O2. The molecule has 0 bridgehead atoms. The fourth-order valence-electron chi connectivity index (χ4n) is 3.89. The van der Waals surface area contributed by atoms with E-state index in [1.54, 1.807) is 12.4 Å². The minimum absolute atomic E-state index is 0.161. The topological polar surface area (TPSA) is 42.4 Å². The molecule has 0 atom stereocenters. The fraction of sp³-hybridized carbons (Fsp3) is 0.400. The normalized spacial score (nSPS) is 19.5. The third-order valence-corrected chi connectivity index (χ3v) is 5.12. The minimum atomic E-state index is -0.224. The van der Waals surface area contributed by atoms with Gasteiger partial charge in [-0.15, -0.1) is 0 Å². The summed E-state index contributed by atoms with van der Waals surface area (Å²) < 4.78 is 5.77. The number of benzene rings is 1. The number of carbonyl (C=O) groups excluding carboxylic acids is 1. The number of carbonyl (C=O) groups is 1. The monoisotopic (exact) mass is 322 g/mol. The SMILES string of the molecule is O=C1OC2(CCCCC2)CN1Cc1cccc(-c2ccncc2)c1. The summed E-state index contributed by atoms with van der Waals surface area (Å²) in [5.41, 5.74) is 3.20. The van der Waals surface area contributed by atoms with Crippen molar-refractivity contribution in [2.24, 2.45) is 0 Å². The molecule has 1 amide bonds. The van der Waals surface area contributed by atoms with Crippen LogP contribution in [0.2, 0.25) is 0 Å². The van der Waals surface area contributed by atoms with Crippen LogP contribution in [0.15, 0.2) is 48.8 Å². The van der Waals surface area contributed by atoms with E-state index in [-0.39, 0.29) is 11.7 Å². The number of hydrogen-bond acceptors (Lipinski definition) is 3. The highest BCUT2D eigenvalue weighted by Crippen LogP contribution is 2.37. The maximum atomic E-state index is 12.3. The second-order valence-electron chi connectivity index (χ2n) is 6.90. The molecule has 124 valence electrons. The van der Waals surface area contributed by atoms with Gasteiger partial charge in [0, 0.05) is 18.9 Å². The van der Waals surface area contributed by atoms with E-state index in [0.717, 1.165) is 36.1 Å². The van der Waals surface area contributed by atoms with E-state index in [1.807, 2.05) is 23.1 Å². The van der Waals surface area contributed by atoms with Gasteiger partial charge in [-0.25, -0.2) is 4.79 Å². The number of hydrogen-bond donors (Lipinski definition) is 0. The molecule has 1 saturated carbocycles. The van der Waals surface area contributed by atoms with Crippen LogP contribution in [0.25, 0.3) is 11.1 Å². The molecule has 0 N–H and O–H groups in total. The van der Waals surface area contributed by atoms with Crippen LogP contribution in [0.5, 0.6) is 0 Å². The molecule has 0 radical (unpaired) electrons.